The molecule has 1 spiro atoms. The van der Waals surface area contributed by atoms with Gasteiger partial charge in [0, 0.05) is 6.21 Å². The van der Waals surface area contributed by atoms with E-state index in [0.29, 0.717) is 11.1 Å². The Morgan fingerprint density at radius 1 is 1.07 bits per heavy atom. The standard InChI is InChI=1S/C30H24FN3O8/c1-3-34(4-2)22-20-26(39)29-15(11-33-29)17-14(12-5-7-13(31)8-6-12)9-10-16(35)18(17)23(36)21(29)27(40)30(20,42)25(38)19(24(22)37)28(32)41/h3-11,15,20,22,26,35-36,38-39,42H,1-2H2,(H2,32,41)/t15-,20+,22-,26+,29-,30+/m0/s1. The number of nitrogens with zero attached hydrogens (tertiary/aromatic N) is 2. The average molecular weight is 574 g/mol. The summed E-state index contributed by atoms with van der Waals surface area (Å²) in [5.74, 6) is -9.99. The van der Waals surface area contributed by atoms with Crippen LogP contribution >= 0.6 is 0 Å². The van der Waals surface area contributed by atoms with Gasteiger partial charge in [0.1, 0.15) is 40.2 Å². The maximum absolute atomic E-state index is 14.3. The number of aliphatic hydroxyl groups is 4. The highest BCUT2D eigenvalue weighted by Gasteiger charge is 2.75. The summed E-state index contributed by atoms with van der Waals surface area (Å²) in [5.41, 5.74) is -0.557. The number of primary amides is 1. The Bertz CT molecular complexity index is 1740. The molecule has 42 heavy (non-hydrogen) atoms. The summed E-state index contributed by atoms with van der Waals surface area (Å²) >= 11 is 0. The van der Waals surface area contributed by atoms with E-state index in [2.05, 4.69) is 18.2 Å². The number of aromatic hydroxyl groups is 1. The van der Waals surface area contributed by atoms with E-state index in [4.69, 9.17) is 5.73 Å². The zero-order chi connectivity index (χ0) is 30.5. The second kappa shape index (κ2) is 8.71. The third-order valence-electron chi connectivity index (χ3n) is 8.76. The molecule has 1 saturated carbocycles. The first-order chi connectivity index (χ1) is 19.9. The van der Waals surface area contributed by atoms with Gasteiger partial charge in [0.15, 0.2) is 11.4 Å². The summed E-state index contributed by atoms with van der Waals surface area (Å²) in [7, 11) is 0. The van der Waals surface area contributed by atoms with Gasteiger partial charge in [-0.3, -0.25) is 19.4 Å². The molecule has 0 saturated heterocycles. The number of ketones is 2. The number of amides is 1. The summed E-state index contributed by atoms with van der Waals surface area (Å²) in [6.45, 7) is 7.18. The number of halogens is 1. The number of fused-ring (bicyclic) bond motifs is 3. The lowest BCUT2D eigenvalue weighted by molar-refractivity contribution is -0.170. The molecule has 214 valence electrons. The Labute approximate surface area is 237 Å². The van der Waals surface area contributed by atoms with Crippen molar-refractivity contribution in [2.24, 2.45) is 16.6 Å². The van der Waals surface area contributed by atoms with Crippen LogP contribution in [0.5, 0.6) is 5.75 Å². The number of carbonyl (C=O) groups is 3. The fourth-order valence-electron chi connectivity index (χ4n) is 6.89. The number of rotatable bonds is 5. The van der Waals surface area contributed by atoms with E-state index in [1.807, 2.05) is 0 Å². The number of carbonyl (C=O) groups excluding carboxylic acids is 3. The first-order valence-electron chi connectivity index (χ1n) is 12.7. The molecule has 6 atom stereocenters. The van der Waals surface area contributed by atoms with Gasteiger partial charge in [-0.15, -0.1) is 0 Å². The predicted molar refractivity (Wildman–Crippen MR) is 146 cm³/mol. The molecule has 2 aromatic carbocycles. The molecule has 1 amide bonds. The fraction of sp³-hybridized carbons (Fsp3) is 0.200. The van der Waals surface area contributed by atoms with Crippen LogP contribution in [0.15, 0.2) is 83.9 Å². The van der Waals surface area contributed by atoms with E-state index < -0.39 is 86.8 Å². The van der Waals surface area contributed by atoms with Gasteiger partial charge >= 0.3 is 0 Å². The van der Waals surface area contributed by atoms with Crippen molar-refractivity contribution >= 4 is 29.4 Å². The molecule has 0 unspecified atom stereocenters. The molecule has 1 fully saturated rings. The number of aliphatic imine (C=N–C) groups is 1. The third kappa shape index (κ3) is 2.99. The highest BCUT2D eigenvalue weighted by atomic mass is 19.1. The summed E-state index contributed by atoms with van der Waals surface area (Å²) in [6.07, 6.45) is 1.63. The zero-order valence-corrected chi connectivity index (χ0v) is 21.7. The number of nitrogens with two attached hydrogens (primary N) is 1. The zero-order valence-electron chi connectivity index (χ0n) is 21.7. The van der Waals surface area contributed by atoms with Gasteiger partial charge in [-0.05, 0) is 47.3 Å². The summed E-state index contributed by atoms with van der Waals surface area (Å²) in [5, 5.41) is 57.5. The van der Waals surface area contributed by atoms with Crippen molar-refractivity contribution in [3.63, 3.8) is 0 Å². The van der Waals surface area contributed by atoms with E-state index in [0.717, 1.165) is 17.3 Å². The molecular formula is C30H24FN3O8. The van der Waals surface area contributed by atoms with Gasteiger partial charge in [-0.2, -0.15) is 0 Å². The SMILES string of the molecule is C=CN(C=C)[C@@H]1C(=O)C(C(N)=O)=C(O)[C@@]2(O)C(=O)C3=C(O)c4c(O)ccc(-c5ccc(F)cc5)c4[C@@H]4C=N[C@]34[C@H](O)[C@@H]12. The quantitative estimate of drug-likeness (QED) is 0.288. The highest BCUT2D eigenvalue weighted by molar-refractivity contribution is 6.25. The van der Waals surface area contributed by atoms with E-state index in [-0.39, 0.29) is 11.1 Å². The number of benzene rings is 2. The summed E-state index contributed by atoms with van der Waals surface area (Å²) < 4.78 is 13.7. The van der Waals surface area contributed by atoms with Gasteiger partial charge in [0.25, 0.3) is 5.91 Å². The summed E-state index contributed by atoms with van der Waals surface area (Å²) in [6, 6.07) is 6.43. The minimum Gasteiger partial charge on any atom is -0.508 e. The monoisotopic (exact) mass is 573 g/mol. The second-order valence-corrected chi connectivity index (χ2v) is 10.5. The van der Waals surface area contributed by atoms with Gasteiger partial charge in [0.2, 0.25) is 5.78 Å². The first-order valence-corrected chi connectivity index (χ1v) is 12.7. The van der Waals surface area contributed by atoms with Gasteiger partial charge < -0.3 is 36.2 Å². The molecule has 12 heteroatoms. The molecule has 0 radical (unpaired) electrons. The molecule has 3 aliphatic carbocycles. The molecule has 6 rings (SSSR count). The van der Waals surface area contributed by atoms with E-state index in [1.54, 1.807) is 0 Å². The molecule has 4 aliphatic rings. The molecule has 11 nitrogen and oxygen atoms in total. The molecular weight excluding hydrogens is 549 g/mol. The van der Waals surface area contributed by atoms with Crippen molar-refractivity contribution in [2.75, 3.05) is 0 Å². The highest BCUT2D eigenvalue weighted by Crippen LogP contribution is 2.63. The Hall–Kier alpha value is -5.07. The minimum atomic E-state index is -3.14. The van der Waals surface area contributed by atoms with E-state index in [1.165, 1.54) is 42.6 Å². The minimum absolute atomic E-state index is 0.206. The number of Topliss-reactive ketones (excluding diaryl/α,β-unsaturated/α-hetero) is 2. The van der Waals surface area contributed by atoms with Gasteiger partial charge in [-0.25, -0.2) is 4.39 Å². The van der Waals surface area contributed by atoms with Crippen LogP contribution in [0.1, 0.15) is 17.0 Å². The van der Waals surface area contributed by atoms with E-state index in [9.17, 15) is 44.3 Å². The Balaban J connectivity index is 1.69. The van der Waals surface area contributed by atoms with E-state index >= 15 is 0 Å². The predicted octanol–water partition coefficient (Wildman–Crippen LogP) is 1.52. The smallest absolute Gasteiger partial charge is 0.255 e. The lowest BCUT2D eigenvalue weighted by Crippen LogP contribution is -2.76. The molecule has 1 heterocycles. The van der Waals surface area contributed by atoms with Crippen LogP contribution < -0.4 is 5.73 Å². The largest absolute Gasteiger partial charge is 0.508 e. The lowest BCUT2D eigenvalue weighted by atomic mass is 9.49. The van der Waals surface area contributed by atoms with Gasteiger partial charge in [0.05, 0.1) is 29.1 Å². The van der Waals surface area contributed by atoms with Crippen molar-refractivity contribution < 1.29 is 44.3 Å². The van der Waals surface area contributed by atoms with Crippen molar-refractivity contribution in [2.45, 2.75) is 29.2 Å². The average Bonchev–Trinajstić information content (AvgIpc) is 2.93. The molecule has 2 aromatic rings. The normalized spacial score (nSPS) is 30.9. The Morgan fingerprint density at radius 3 is 2.26 bits per heavy atom. The lowest BCUT2D eigenvalue weighted by Gasteiger charge is -2.60. The summed E-state index contributed by atoms with van der Waals surface area (Å²) in [4.78, 5) is 45.5. The fourth-order valence-corrected chi connectivity index (χ4v) is 6.89. The number of phenolic OH excluding ortho intramolecular Hbond substituents is 1. The first kappa shape index (κ1) is 27.1. The molecule has 7 N–H and O–H groups in total. The number of aliphatic hydroxyl groups excluding tert-OH is 3. The van der Waals surface area contributed by atoms with Crippen LogP contribution in [0.25, 0.3) is 16.9 Å². The van der Waals surface area contributed by atoms with Crippen LogP contribution in [0.2, 0.25) is 0 Å². The Kier molecular flexibility index (Phi) is 5.63. The Morgan fingerprint density at radius 2 is 1.71 bits per heavy atom. The third-order valence-corrected chi connectivity index (χ3v) is 8.76. The number of hydrogen-bond acceptors (Lipinski definition) is 10. The van der Waals surface area contributed by atoms with Gasteiger partial charge in [-0.1, -0.05) is 31.4 Å². The maximum atomic E-state index is 14.3. The molecule has 1 aliphatic heterocycles. The topological polar surface area (TPSA) is 194 Å². The van der Waals surface area contributed by atoms with Crippen LogP contribution in [-0.4, -0.2) is 77.4 Å². The van der Waals surface area contributed by atoms with Crippen LogP contribution in [0.3, 0.4) is 0 Å². The molecule has 0 aromatic heterocycles. The van der Waals surface area contributed by atoms with Crippen molar-refractivity contribution in [3.05, 3.63) is 95.8 Å². The van der Waals surface area contributed by atoms with Crippen molar-refractivity contribution in [1.82, 2.24) is 4.90 Å². The van der Waals surface area contributed by atoms with Crippen molar-refractivity contribution in [1.29, 1.82) is 0 Å². The molecule has 0 bridgehead atoms. The van der Waals surface area contributed by atoms with Crippen LogP contribution in [-0.2, 0) is 14.4 Å². The maximum Gasteiger partial charge on any atom is 0.255 e. The number of hydrogen-bond donors (Lipinski definition) is 6. The second-order valence-electron chi connectivity index (χ2n) is 10.5. The number of phenols is 1. The van der Waals surface area contributed by atoms with Crippen LogP contribution in [0.4, 0.5) is 4.39 Å². The van der Waals surface area contributed by atoms with Crippen LogP contribution in [0, 0.1) is 11.7 Å². The van der Waals surface area contributed by atoms with Crippen molar-refractivity contribution in [3.8, 4) is 16.9 Å².